The quantitative estimate of drug-likeness (QED) is 0.588. The fourth-order valence-electron chi connectivity index (χ4n) is 5.02. The third-order valence-electron chi connectivity index (χ3n) is 7.13. The van der Waals surface area contributed by atoms with Gasteiger partial charge in [0.2, 0.25) is 5.91 Å². The van der Waals surface area contributed by atoms with E-state index in [1.54, 1.807) is 6.20 Å². The van der Waals surface area contributed by atoms with Crippen LogP contribution in [0.15, 0.2) is 30.5 Å². The largest absolute Gasteiger partial charge is 0.486 e. The second-order valence-corrected chi connectivity index (χ2v) is 10.2. The number of rotatable bonds is 5. The number of hydrogen-bond acceptors (Lipinski definition) is 6. The molecule has 0 bridgehead atoms. The van der Waals surface area contributed by atoms with Crippen molar-refractivity contribution in [3.8, 4) is 22.8 Å². The minimum absolute atomic E-state index is 0.0690. The average molecular weight is 490 g/mol. The molecule has 9 heteroatoms. The summed E-state index contributed by atoms with van der Waals surface area (Å²) in [5.74, 6) is 1.19. The van der Waals surface area contributed by atoms with Gasteiger partial charge in [0.1, 0.15) is 13.2 Å². The van der Waals surface area contributed by atoms with Gasteiger partial charge in [0, 0.05) is 30.7 Å². The van der Waals surface area contributed by atoms with E-state index >= 15 is 0 Å². The monoisotopic (exact) mass is 489 g/mol. The molecule has 6 rings (SSSR count). The molecule has 2 aromatic heterocycles. The summed E-state index contributed by atoms with van der Waals surface area (Å²) in [4.78, 5) is 33.3. The van der Waals surface area contributed by atoms with Gasteiger partial charge in [-0.15, -0.1) is 0 Å². The molecule has 0 spiro atoms. The fraction of sp³-hybridized carbons (Fsp3) is 0.481. The molecule has 188 valence electrons. The Balaban J connectivity index is 1.37. The van der Waals surface area contributed by atoms with Crippen molar-refractivity contribution in [3.63, 3.8) is 0 Å². The first-order valence-corrected chi connectivity index (χ1v) is 12.9. The Morgan fingerprint density at radius 1 is 1.08 bits per heavy atom. The fourth-order valence-corrected chi connectivity index (χ4v) is 5.02. The van der Waals surface area contributed by atoms with Crippen molar-refractivity contribution in [2.75, 3.05) is 26.3 Å². The molecule has 0 radical (unpaired) electrons. The number of nitrogens with one attached hydrogen (secondary N) is 1. The molecule has 1 atom stereocenters. The number of ether oxygens (including phenoxy) is 2. The summed E-state index contributed by atoms with van der Waals surface area (Å²) in [6.45, 7) is 6.17. The Hall–Kier alpha value is -3.62. The maximum absolute atomic E-state index is 13.9. The number of fused-ring (bicyclic) bond motifs is 2. The van der Waals surface area contributed by atoms with Crippen LogP contribution in [0.1, 0.15) is 55.9 Å². The molecule has 9 nitrogen and oxygen atoms in total. The summed E-state index contributed by atoms with van der Waals surface area (Å²) in [7, 11) is 0. The Morgan fingerprint density at radius 3 is 2.67 bits per heavy atom. The predicted octanol–water partition coefficient (Wildman–Crippen LogP) is 3.58. The first-order chi connectivity index (χ1) is 17.5. The SMILES string of the molecule is CC(C)n1ncc2c(C(=O)N3CCCC(C(=O)NC4CC4)C3)cc(-c3ccc4c(c3)OCCO4)nc21. The molecule has 1 saturated carbocycles. The Morgan fingerprint density at radius 2 is 1.89 bits per heavy atom. The minimum atomic E-state index is -0.170. The zero-order valence-electron chi connectivity index (χ0n) is 20.7. The van der Waals surface area contributed by atoms with E-state index < -0.39 is 0 Å². The van der Waals surface area contributed by atoms with Gasteiger partial charge in [0.25, 0.3) is 5.91 Å². The summed E-state index contributed by atoms with van der Waals surface area (Å²) in [6.07, 6.45) is 5.45. The van der Waals surface area contributed by atoms with Crippen LogP contribution in [-0.2, 0) is 4.79 Å². The van der Waals surface area contributed by atoms with Crippen LogP contribution < -0.4 is 14.8 Å². The second kappa shape index (κ2) is 9.11. The summed E-state index contributed by atoms with van der Waals surface area (Å²) in [5.41, 5.74) is 2.73. The normalized spacial score (nSPS) is 19.5. The molecule has 2 amide bonds. The van der Waals surface area contributed by atoms with E-state index in [0.29, 0.717) is 60.7 Å². The summed E-state index contributed by atoms with van der Waals surface area (Å²) in [5, 5.41) is 8.37. The van der Waals surface area contributed by atoms with Crippen LogP contribution >= 0.6 is 0 Å². The van der Waals surface area contributed by atoms with Gasteiger partial charge in [-0.05, 0) is 63.8 Å². The zero-order chi connectivity index (χ0) is 24.8. The Bertz CT molecular complexity index is 1330. The molecule has 3 aromatic rings. The smallest absolute Gasteiger partial charge is 0.254 e. The van der Waals surface area contributed by atoms with E-state index in [9.17, 15) is 9.59 Å². The molecule has 1 aliphatic carbocycles. The lowest BCUT2D eigenvalue weighted by atomic mass is 9.96. The van der Waals surface area contributed by atoms with Crippen molar-refractivity contribution in [1.29, 1.82) is 0 Å². The Labute approximate surface area is 209 Å². The highest BCUT2D eigenvalue weighted by Crippen LogP contribution is 2.36. The highest BCUT2D eigenvalue weighted by molar-refractivity contribution is 6.06. The molecule has 1 aromatic carbocycles. The second-order valence-electron chi connectivity index (χ2n) is 10.2. The van der Waals surface area contributed by atoms with E-state index in [1.165, 1.54) is 0 Å². The highest BCUT2D eigenvalue weighted by atomic mass is 16.6. The molecule has 2 fully saturated rings. The molecular formula is C27H31N5O4. The van der Waals surface area contributed by atoms with Crippen molar-refractivity contribution in [3.05, 3.63) is 36.0 Å². The third kappa shape index (κ3) is 4.27. The maximum atomic E-state index is 13.9. The Kier molecular flexibility index (Phi) is 5.78. The van der Waals surface area contributed by atoms with Crippen LogP contribution in [0.2, 0.25) is 0 Å². The van der Waals surface area contributed by atoms with Gasteiger partial charge >= 0.3 is 0 Å². The average Bonchev–Trinajstić information content (AvgIpc) is 3.61. The van der Waals surface area contributed by atoms with Crippen molar-refractivity contribution in [2.24, 2.45) is 5.92 Å². The van der Waals surface area contributed by atoms with Gasteiger partial charge in [-0.1, -0.05) is 0 Å². The zero-order valence-corrected chi connectivity index (χ0v) is 20.7. The van der Waals surface area contributed by atoms with Gasteiger partial charge in [-0.2, -0.15) is 5.10 Å². The number of amides is 2. The van der Waals surface area contributed by atoms with Crippen LogP contribution in [0.3, 0.4) is 0 Å². The van der Waals surface area contributed by atoms with Crippen LogP contribution in [0, 0.1) is 5.92 Å². The molecular weight excluding hydrogens is 458 g/mol. The number of carbonyl (C=O) groups is 2. The molecule has 3 aliphatic rings. The first kappa shape index (κ1) is 22.8. The number of benzene rings is 1. The predicted molar refractivity (Wildman–Crippen MR) is 134 cm³/mol. The maximum Gasteiger partial charge on any atom is 0.254 e. The molecule has 1 N–H and O–H groups in total. The van der Waals surface area contributed by atoms with Crippen LogP contribution in [-0.4, -0.2) is 63.8 Å². The van der Waals surface area contributed by atoms with Crippen molar-refractivity contribution >= 4 is 22.8 Å². The molecule has 4 heterocycles. The number of aromatic nitrogens is 3. The van der Waals surface area contributed by atoms with Gasteiger partial charge in [0.15, 0.2) is 17.1 Å². The molecule has 1 unspecified atom stereocenters. The van der Waals surface area contributed by atoms with Crippen LogP contribution in [0.5, 0.6) is 11.5 Å². The number of likely N-dealkylation sites (tertiary alicyclic amines) is 1. The lowest BCUT2D eigenvalue weighted by Crippen LogP contribution is -2.46. The van der Waals surface area contributed by atoms with Crippen molar-refractivity contribution in [2.45, 2.75) is 51.6 Å². The lowest BCUT2D eigenvalue weighted by Gasteiger charge is -2.32. The van der Waals surface area contributed by atoms with E-state index in [2.05, 4.69) is 10.4 Å². The van der Waals surface area contributed by atoms with Crippen LogP contribution in [0.4, 0.5) is 0 Å². The third-order valence-corrected chi connectivity index (χ3v) is 7.13. The van der Waals surface area contributed by atoms with Crippen molar-refractivity contribution < 1.29 is 19.1 Å². The number of pyridine rings is 1. The highest BCUT2D eigenvalue weighted by Gasteiger charge is 2.33. The van der Waals surface area contributed by atoms with Gasteiger partial charge in [-0.3, -0.25) is 9.59 Å². The topological polar surface area (TPSA) is 98.6 Å². The number of hydrogen-bond donors (Lipinski definition) is 1. The molecule has 2 aliphatic heterocycles. The van der Waals surface area contributed by atoms with Crippen molar-refractivity contribution in [1.82, 2.24) is 25.0 Å². The number of carbonyl (C=O) groups excluding carboxylic acids is 2. The molecule has 36 heavy (non-hydrogen) atoms. The summed E-state index contributed by atoms with van der Waals surface area (Å²) in [6, 6.07) is 7.97. The summed E-state index contributed by atoms with van der Waals surface area (Å²) >= 11 is 0. The van der Waals surface area contributed by atoms with Crippen LogP contribution in [0.25, 0.3) is 22.3 Å². The van der Waals surface area contributed by atoms with E-state index in [1.807, 2.05) is 47.7 Å². The lowest BCUT2D eigenvalue weighted by molar-refractivity contribution is -0.126. The van der Waals surface area contributed by atoms with E-state index in [4.69, 9.17) is 14.5 Å². The first-order valence-electron chi connectivity index (χ1n) is 12.9. The van der Waals surface area contributed by atoms with Gasteiger partial charge in [-0.25, -0.2) is 9.67 Å². The van der Waals surface area contributed by atoms with E-state index in [-0.39, 0.29) is 23.8 Å². The minimum Gasteiger partial charge on any atom is -0.486 e. The standard InChI is InChI=1S/C27H31N5O4/c1-16(2)32-25-21(14-28-32)20(13-22(30-25)17-5-8-23-24(12-17)36-11-10-35-23)27(34)31-9-3-4-18(15-31)26(33)29-19-6-7-19/h5,8,12-14,16,18-19H,3-4,6-7,9-11,15H2,1-2H3,(H,29,33). The summed E-state index contributed by atoms with van der Waals surface area (Å²) < 4.78 is 13.3. The number of piperidine rings is 1. The van der Waals surface area contributed by atoms with Gasteiger partial charge < -0.3 is 19.7 Å². The number of nitrogens with zero attached hydrogens (tertiary/aromatic N) is 4. The van der Waals surface area contributed by atoms with Gasteiger partial charge in [0.05, 0.1) is 28.8 Å². The van der Waals surface area contributed by atoms with E-state index in [0.717, 1.165) is 36.6 Å². The molecule has 1 saturated heterocycles.